The van der Waals surface area contributed by atoms with Gasteiger partial charge in [-0.1, -0.05) is 46.6 Å². The number of carbonyl (C=O) groups is 1. The van der Waals surface area contributed by atoms with E-state index in [4.69, 9.17) is 40.5 Å². The Hall–Kier alpha value is -1.28. The summed E-state index contributed by atoms with van der Waals surface area (Å²) in [6.07, 6.45) is 3.16. The first-order chi connectivity index (χ1) is 9.92. The third-order valence-corrected chi connectivity index (χ3v) is 3.66. The van der Waals surface area contributed by atoms with Crippen LogP contribution in [0.5, 0.6) is 0 Å². The van der Waals surface area contributed by atoms with Crippen LogP contribution in [0.2, 0.25) is 15.3 Å². The molecular weight excluding hydrogens is 357 g/mol. The van der Waals surface area contributed by atoms with E-state index in [-0.39, 0.29) is 21.7 Å². The predicted octanol–water partition coefficient (Wildman–Crippen LogP) is 3.40. The van der Waals surface area contributed by atoms with Crippen LogP contribution in [0.15, 0.2) is 17.4 Å². The van der Waals surface area contributed by atoms with E-state index in [1.54, 1.807) is 6.26 Å². The van der Waals surface area contributed by atoms with Crippen LogP contribution in [0.1, 0.15) is 10.4 Å². The van der Waals surface area contributed by atoms with Gasteiger partial charge in [-0.25, -0.2) is 15.0 Å². The number of nitrogens with two attached hydrogens (primary N) is 1. The minimum atomic E-state index is -0.763. The van der Waals surface area contributed by atoms with Gasteiger partial charge in [-0.15, -0.1) is 0 Å². The van der Waals surface area contributed by atoms with E-state index < -0.39 is 5.91 Å². The molecule has 110 valence electrons. The minimum Gasteiger partial charge on any atom is -0.365 e. The maximum Gasteiger partial charge on any atom is 0.255 e. The van der Waals surface area contributed by atoms with Gasteiger partial charge in [-0.2, -0.15) is 0 Å². The highest BCUT2D eigenvalue weighted by atomic mass is 35.5. The summed E-state index contributed by atoms with van der Waals surface area (Å²) in [5, 5.41) is 3.71. The Morgan fingerprint density at radius 2 is 2.00 bits per heavy atom. The van der Waals surface area contributed by atoms with Crippen molar-refractivity contribution in [3.63, 3.8) is 0 Å². The van der Waals surface area contributed by atoms with Crippen LogP contribution in [0.4, 0.5) is 11.5 Å². The number of rotatable bonds is 4. The standard InChI is InChI=1S/C11H8Cl3N5OS/c1-21-11-18-8(14)6(9(15)20)10(19-11)17-5-2-4(12)3-16-7(5)13/h2-3H,1H3,(H2,15,20)(H,17,18,19). The molecule has 6 nitrogen and oxygen atoms in total. The van der Waals surface area contributed by atoms with Gasteiger partial charge < -0.3 is 11.1 Å². The number of nitrogens with one attached hydrogen (secondary N) is 1. The molecule has 0 saturated carbocycles. The molecule has 0 aromatic carbocycles. The zero-order chi connectivity index (χ0) is 15.6. The lowest BCUT2D eigenvalue weighted by Crippen LogP contribution is -2.16. The van der Waals surface area contributed by atoms with Crippen molar-refractivity contribution in [2.75, 3.05) is 11.6 Å². The fraction of sp³-hybridized carbons (Fsp3) is 0.0909. The Morgan fingerprint density at radius 3 is 2.62 bits per heavy atom. The minimum absolute atomic E-state index is 0.0366. The van der Waals surface area contributed by atoms with Gasteiger partial charge in [0.1, 0.15) is 16.5 Å². The second-order valence-electron chi connectivity index (χ2n) is 3.71. The van der Waals surface area contributed by atoms with Gasteiger partial charge in [0.2, 0.25) is 0 Å². The van der Waals surface area contributed by atoms with E-state index in [1.165, 1.54) is 24.0 Å². The van der Waals surface area contributed by atoms with Crippen LogP contribution in [-0.4, -0.2) is 27.1 Å². The molecule has 0 unspecified atom stereocenters. The molecule has 2 rings (SSSR count). The first-order valence-corrected chi connectivity index (χ1v) is 7.77. The van der Waals surface area contributed by atoms with Gasteiger partial charge in [0.05, 0.1) is 10.7 Å². The maximum absolute atomic E-state index is 11.5. The van der Waals surface area contributed by atoms with Crippen LogP contribution in [0.3, 0.4) is 0 Å². The summed E-state index contributed by atoms with van der Waals surface area (Å²) in [6, 6.07) is 1.54. The van der Waals surface area contributed by atoms with E-state index in [9.17, 15) is 4.79 Å². The first-order valence-electron chi connectivity index (χ1n) is 5.41. The average Bonchev–Trinajstić information content (AvgIpc) is 2.41. The van der Waals surface area contributed by atoms with Gasteiger partial charge in [-0.05, 0) is 12.3 Å². The summed E-state index contributed by atoms with van der Waals surface area (Å²) < 4.78 is 0. The molecular formula is C11H8Cl3N5OS. The lowest BCUT2D eigenvalue weighted by molar-refractivity contribution is 0.100. The molecule has 0 aliphatic rings. The molecule has 2 heterocycles. The number of thioether (sulfide) groups is 1. The SMILES string of the molecule is CSc1nc(Cl)c(C(N)=O)c(Nc2cc(Cl)cnc2Cl)n1. The van der Waals surface area contributed by atoms with Crippen molar-refractivity contribution >= 4 is 64.0 Å². The average molecular weight is 365 g/mol. The van der Waals surface area contributed by atoms with Crippen LogP contribution < -0.4 is 11.1 Å². The number of aromatic nitrogens is 3. The van der Waals surface area contributed by atoms with E-state index in [1.807, 2.05) is 0 Å². The Labute approximate surface area is 139 Å². The zero-order valence-corrected chi connectivity index (χ0v) is 13.6. The third kappa shape index (κ3) is 3.68. The summed E-state index contributed by atoms with van der Waals surface area (Å²) in [6.45, 7) is 0. The van der Waals surface area contributed by atoms with E-state index in [2.05, 4.69) is 20.3 Å². The van der Waals surface area contributed by atoms with Crippen molar-refractivity contribution in [2.24, 2.45) is 5.73 Å². The summed E-state index contributed by atoms with van der Waals surface area (Å²) in [5.74, 6) is -0.626. The van der Waals surface area contributed by atoms with Crippen molar-refractivity contribution < 1.29 is 4.79 Å². The molecule has 0 saturated heterocycles. The van der Waals surface area contributed by atoms with Crippen molar-refractivity contribution in [3.8, 4) is 0 Å². The quantitative estimate of drug-likeness (QED) is 0.374. The molecule has 0 aliphatic heterocycles. The van der Waals surface area contributed by atoms with Crippen molar-refractivity contribution in [2.45, 2.75) is 5.16 Å². The molecule has 0 fully saturated rings. The normalized spacial score (nSPS) is 10.5. The summed E-state index contributed by atoms with van der Waals surface area (Å²) in [4.78, 5) is 23.5. The van der Waals surface area contributed by atoms with Crippen molar-refractivity contribution in [1.82, 2.24) is 15.0 Å². The smallest absolute Gasteiger partial charge is 0.255 e. The molecule has 0 spiro atoms. The molecule has 0 atom stereocenters. The largest absolute Gasteiger partial charge is 0.365 e. The van der Waals surface area contributed by atoms with Gasteiger partial charge in [0.25, 0.3) is 5.91 Å². The van der Waals surface area contributed by atoms with Gasteiger partial charge in [0.15, 0.2) is 10.3 Å². The number of nitrogens with zero attached hydrogens (tertiary/aromatic N) is 3. The Balaban J connectivity index is 2.54. The van der Waals surface area contributed by atoms with Gasteiger partial charge in [0, 0.05) is 6.20 Å². The topological polar surface area (TPSA) is 93.8 Å². The summed E-state index contributed by atoms with van der Waals surface area (Å²) >= 11 is 19.0. The molecule has 1 amide bonds. The van der Waals surface area contributed by atoms with Crippen molar-refractivity contribution in [3.05, 3.63) is 33.2 Å². The molecule has 0 aliphatic carbocycles. The highest BCUT2D eigenvalue weighted by molar-refractivity contribution is 7.98. The highest BCUT2D eigenvalue weighted by Crippen LogP contribution is 2.30. The Morgan fingerprint density at radius 1 is 1.29 bits per heavy atom. The number of hydrogen-bond acceptors (Lipinski definition) is 6. The summed E-state index contributed by atoms with van der Waals surface area (Å²) in [7, 11) is 0. The second kappa shape index (κ2) is 6.65. The first kappa shape index (κ1) is 16.1. The molecule has 21 heavy (non-hydrogen) atoms. The molecule has 0 radical (unpaired) electrons. The van der Waals surface area contributed by atoms with Gasteiger partial charge in [-0.3, -0.25) is 4.79 Å². The fourth-order valence-corrected chi connectivity index (χ4v) is 2.44. The maximum atomic E-state index is 11.5. The number of primary amides is 1. The number of hydrogen-bond donors (Lipinski definition) is 2. The number of pyridine rings is 1. The Bertz CT molecular complexity index is 712. The van der Waals surface area contributed by atoms with E-state index in [0.717, 1.165) is 0 Å². The predicted molar refractivity (Wildman–Crippen MR) is 84.9 cm³/mol. The van der Waals surface area contributed by atoms with Crippen molar-refractivity contribution in [1.29, 1.82) is 0 Å². The monoisotopic (exact) mass is 363 g/mol. The van der Waals surface area contributed by atoms with Crippen LogP contribution in [0.25, 0.3) is 0 Å². The van der Waals surface area contributed by atoms with Crippen LogP contribution in [-0.2, 0) is 0 Å². The molecule has 0 bridgehead atoms. The van der Waals surface area contributed by atoms with Crippen LogP contribution in [0, 0.1) is 0 Å². The fourth-order valence-electron chi connectivity index (χ4n) is 1.45. The van der Waals surface area contributed by atoms with Gasteiger partial charge >= 0.3 is 0 Å². The lowest BCUT2D eigenvalue weighted by Gasteiger charge is -2.12. The second-order valence-corrected chi connectivity index (χ2v) is 5.63. The number of amides is 1. The number of halogens is 3. The number of anilines is 2. The summed E-state index contributed by atoms with van der Waals surface area (Å²) in [5.41, 5.74) is 5.64. The highest BCUT2D eigenvalue weighted by Gasteiger charge is 2.19. The zero-order valence-electron chi connectivity index (χ0n) is 10.5. The lowest BCUT2D eigenvalue weighted by atomic mass is 10.3. The molecule has 2 aromatic heterocycles. The molecule has 3 N–H and O–H groups in total. The Kier molecular flexibility index (Phi) is 5.10. The van der Waals surface area contributed by atoms with Crippen LogP contribution >= 0.6 is 46.6 Å². The third-order valence-electron chi connectivity index (χ3n) is 2.33. The van der Waals surface area contributed by atoms with E-state index >= 15 is 0 Å². The molecule has 10 heteroatoms. The van der Waals surface area contributed by atoms with E-state index in [0.29, 0.717) is 15.9 Å². The number of carbonyl (C=O) groups excluding carboxylic acids is 1. The molecule has 2 aromatic rings.